The molecule has 2 aromatic carbocycles. The molecule has 0 spiro atoms. The predicted octanol–water partition coefficient (Wildman–Crippen LogP) is 2.95. The van der Waals surface area contributed by atoms with Crippen molar-refractivity contribution in [3.63, 3.8) is 0 Å². The number of carbonyl (C=O) groups excluding carboxylic acids is 1. The fraction of sp³-hybridized carbons (Fsp3) is 0.364. The molecule has 2 aromatic rings. The molecule has 5 heteroatoms. The van der Waals surface area contributed by atoms with E-state index in [0.717, 1.165) is 35.3 Å². The summed E-state index contributed by atoms with van der Waals surface area (Å²) in [5.41, 5.74) is 3.13. The first-order valence-corrected chi connectivity index (χ1v) is 9.25. The number of likely N-dealkylation sites (tertiary alicyclic amines) is 1. The standard InChI is InChI=1S/C22H22N2O3/c1-27-18-10-8-15(9-11-18)14-2-4-16(5-3-14)21-19(12-23)24(20(21)13-25)22(26)17-6-7-17/h2-5,8-11,17,19-21,25H,6-7,13H2,1H3/t19-,20+,21+/m0/s1. The van der Waals surface area contributed by atoms with Crippen molar-refractivity contribution >= 4 is 5.91 Å². The Kier molecular flexibility index (Phi) is 4.59. The van der Waals surface area contributed by atoms with Crippen LogP contribution in [0.2, 0.25) is 0 Å². The van der Waals surface area contributed by atoms with Gasteiger partial charge in [0.05, 0.1) is 25.8 Å². The van der Waals surface area contributed by atoms with Gasteiger partial charge < -0.3 is 14.7 Å². The molecule has 1 saturated carbocycles. The molecule has 1 aliphatic heterocycles. The summed E-state index contributed by atoms with van der Waals surface area (Å²) in [5, 5.41) is 19.4. The van der Waals surface area contributed by atoms with Crippen molar-refractivity contribution in [3.8, 4) is 22.9 Å². The highest BCUT2D eigenvalue weighted by Gasteiger charge is 2.53. The van der Waals surface area contributed by atoms with Crippen molar-refractivity contribution in [1.29, 1.82) is 5.26 Å². The topological polar surface area (TPSA) is 73.6 Å². The average molecular weight is 362 g/mol. The van der Waals surface area contributed by atoms with Gasteiger partial charge in [0.2, 0.25) is 5.91 Å². The van der Waals surface area contributed by atoms with Crippen LogP contribution in [-0.4, -0.2) is 41.7 Å². The largest absolute Gasteiger partial charge is 0.497 e. The number of carbonyl (C=O) groups is 1. The Morgan fingerprint density at radius 1 is 1.15 bits per heavy atom. The lowest BCUT2D eigenvalue weighted by atomic mass is 9.75. The highest BCUT2D eigenvalue weighted by atomic mass is 16.5. The molecule has 0 radical (unpaired) electrons. The minimum absolute atomic E-state index is 0.0201. The van der Waals surface area contributed by atoms with Crippen molar-refractivity contribution in [2.24, 2.45) is 5.92 Å². The monoisotopic (exact) mass is 362 g/mol. The number of amides is 1. The van der Waals surface area contributed by atoms with E-state index in [1.54, 1.807) is 12.0 Å². The van der Waals surface area contributed by atoms with Gasteiger partial charge in [-0.05, 0) is 41.7 Å². The van der Waals surface area contributed by atoms with Crippen molar-refractivity contribution in [3.05, 3.63) is 54.1 Å². The van der Waals surface area contributed by atoms with Crippen LogP contribution in [-0.2, 0) is 4.79 Å². The van der Waals surface area contributed by atoms with E-state index in [0.29, 0.717) is 0 Å². The maximum atomic E-state index is 12.4. The Balaban J connectivity index is 1.55. The average Bonchev–Trinajstić information content (AvgIpc) is 3.54. The Bertz CT molecular complexity index is 866. The molecule has 138 valence electrons. The number of rotatable bonds is 5. The van der Waals surface area contributed by atoms with E-state index in [2.05, 4.69) is 6.07 Å². The summed E-state index contributed by atoms with van der Waals surface area (Å²) < 4.78 is 5.19. The molecule has 3 atom stereocenters. The Hall–Kier alpha value is -2.84. The Labute approximate surface area is 158 Å². The number of aliphatic hydroxyl groups excluding tert-OH is 1. The predicted molar refractivity (Wildman–Crippen MR) is 101 cm³/mol. The lowest BCUT2D eigenvalue weighted by Crippen LogP contribution is -2.65. The number of aliphatic hydroxyl groups is 1. The van der Waals surface area contributed by atoms with Gasteiger partial charge >= 0.3 is 0 Å². The van der Waals surface area contributed by atoms with Gasteiger partial charge in [0.15, 0.2) is 0 Å². The lowest BCUT2D eigenvalue weighted by molar-refractivity contribution is -0.148. The molecule has 5 nitrogen and oxygen atoms in total. The van der Waals surface area contributed by atoms with Gasteiger partial charge in [-0.1, -0.05) is 36.4 Å². The molecule has 27 heavy (non-hydrogen) atoms. The molecule has 1 N–H and O–H groups in total. The van der Waals surface area contributed by atoms with Gasteiger partial charge in [0, 0.05) is 11.8 Å². The number of hydrogen-bond acceptors (Lipinski definition) is 4. The number of methoxy groups -OCH3 is 1. The van der Waals surface area contributed by atoms with Gasteiger partial charge in [0.1, 0.15) is 11.8 Å². The number of hydrogen-bond donors (Lipinski definition) is 1. The highest BCUT2D eigenvalue weighted by molar-refractivity contribution is 5.83. The van der Waals surface area contributed by atoms with Crippen molar-refractivity contribution in [1.82, 2.24) is 4.90 Å². The van der Waals surface area contributed by atoms with Crippen LogP contribution >= 0.6 is 0 Å². The molecule has 2 fully saturated rings. The molecule has 1 amide bonds. The number of nitriles is 1. The van der Waals surface area contributed by atoms with Gasteiger partial charge in [-0.15, -0.1) is 0 Å². The third kappa shape index (κ3) is 3.07. The van der Waals surface area contributed by atoms with E-state index in [4.69, 9.17) is 4.74 Å². The molecule has 2 aliphatic rings. The normalized spacial score (nSPS) is 24.0. The molecule has 0 bridgehead atoms. The summed E-state index contributed by atoms with van der Waals surface area (Å²) in [6, 6.07) is 17.3. The van der Waals surface area contributed by atoms with E-state index < -0.39 is 6.04 Å². The molecular formula is C22H22N2O3. The first-order chi connectivity index (χ1) is 13.2. The fourth-order valence-corrected chi connectivity index (χ4v) is 3.93. The minimum atomic E-state index is -0.498. The van der Waals surface area contributed by atoms with E-state index in [-0.39, 0.29) is 30.4 Å². The SMILES string of the molecule is COc1ccc(-c2ccc([C@H]3[C@@H](CO)N(C(=O)C4CC4)[C@H]3C#N)cc2)cc1. The smallest absolute Gasteiger partial charge is 0.227 e. The third-order valence-corrected chi connectivity index (χ3v) is 5.63. The summed E-state index contributed by atoms with van der Waals surface area (Å²) in [5.74, 6) is 0.737. The Morgan fingerprint density at radius 2 is 1.74 bits per heavy atom. The highest BCUT2D eigenvalue weighted by Crippen LogP contribution is 2.44. The van der Waals surface area contributed by atoms with E-state index in [1.165, 1.54) is 0 Å². The van der Waals surface area contributed by atoms with Crippen LogP contribution in [0.1, 0.15) is 24.3 Å². The van der Waals surface area contributed by atoms with Crippen LogP contribution in [0.25, 0.3) is 11.1 Å². The maximum absolute atomic E-state index is 12.4. The van der Waals surface area contributed by atoms with E-state index in [9.17, 15) is 15.2 Å². The zero-order valence-corrected chi connectivity index (χ0v) is 15.2. The van der Waals surface area contributed by atoms with Crippen LogP contribution in [0, 0.1) is 17.2 Å². The van der Waals surface area contributed by atoms with Gasteiger partial charge in [-0.3, -0.25) is 4.79 Å². The van der Waals surface area contributed by atoms with Gasteiger partial charge in [-0.25, -0.2) is 0 Å². The van der Waals surface area contributed by atoms with Crippen LogP contribution < -0.4 is 4.74 Å². The molecule has 1 heterocycles. The molecule has 0 unspecified atom stereocenters. The summed E-state index contributed by atoms with van der Waals surface area (Å²) in [4.78, 5) is 14.0. The lowest BCUT2D eigenvalue weighted by Gasteiger charge is -2.51. The number of benzene rings is 2. The number of nitrogens with zero attached hydrogens (tertiary/aromatic N) is 2. The van der Waals surface area contributed by atoms with E-state index in [1.807, 2.05) is 48.5 Å². The minimum Gasteiger partial charge on any atom is -0.497 e. The first-order valence-electron chi connectivity index (χ1n) is 9.25. The molecule has 1 saturated heterocycles. The summed E-state index contributed by atoms with van der Waals surface area (Å²) in [6.45, 7) is -0.123. The van der Waals surface area contributed by atoms with Crippen molar-refractivity contribution < 1.29 is 14.6 Å². The van der Waals surface area contributed by atoms with Crippen molar-refractivity contribution in [2.75, 3.05) is 13.7 Å². The second kappa shape index (κ2) is 7.05. The zero-order valence-electron chi connectivity index (χ0n) is 15.2. The molecule has 0 aromatic heterocycles. The second-order valence-electron chi connectivity index (χ2n) is 7.22. The van der Waals surface area contributed by atoms with Gasteiger partial charge in [-0.2, -0.15) is 5.26 Å². The van der Waals surface area contributed by atoms with Crippen molar-refractivity contribution in [2.45, 2.75) is 30.8 Å². The third-order valence-electron chi connectivity index (χ3n) is 5.63. The zero-order chi connectivity index (χ0) is 19.0. The van der Waals surface area contributed by atoms with Crippen LogP contribution in [0.3, 0.4) is 0 Å². The maximum Gasteiger partial charge on any atom is 0.227 e. The second-order valence-corrected chi connectivity index (χ2v) is 7.22. The Morgan fingerprint density at radius 3 is 2.22 bits per heavy atom. The van der Waals surface area contributed by atoms with Crippen LogP contribution in [0.15, 0.2) is 48.5 Å². The molecule has 4 rings (SSSR count). The van der Waals surface area contributed by atoms with Crippen LogP contribution in [0.4, 0.5) is 0 Å². The van der Waals surface area contributed by atoms with Gasteiger partial charge in [0.25, 0.3) is 0 Å². The first kappa shape index (κ1) is 17.6. The fourth-order valence-electron chi connectivity index (χ4n) is 3.93. The summed E-state index contributed by atoms with van der Waals surface area (Å²) >= 11 is 0. The molecular weight excluding hydrogens is 340 g/mol. The molecule has 1 aliphatic carbocycles. The van der Waals surface area contributed by atoms with Crippen LogP contribution in [0.5, 0.6) is 5.75 Å². The van der Waals surface area contributed by atoms with E-state index >= 15 is 0 Å². The summed E-state index contributed by atoms with van der Waals surface area (Å²) in [6.07, 6.45) is 1.79. The quantitative estimate of drug-likeness (QED) is 0.887. The number of ether oxygens (including phenoxy) is 1. The summed E-state index contributed by atoms with van der Waals surface area (Å²) in [7, 11) is 1.64.